The predicted molar refractivity (Wildman–Crippen MR) is 62.0 cm³/mol. The van der Waals surface area contributed by atoms with Crippen molar-refractivity contribution in [2.75, 3.05) is 31.2 Å². The van der Waals surface area contributed by atoms with Crippen LogP contribution in [-0.2, 0) is 4.74 Å². The first-order valence-electron chi connectivity index (χ1n) is 5.71. The van der Waals surface area contributed by atoms with Crippen LogP contribution < -0.4 is 4.90 Å². The van der Waals surface area contributed by atoms with Crippen molar-refractivity contribution in [2.24, 2.45) is 0 Å². The minimum Gasteiger partial charge on any atom is -0.461 e. The Balaban J connectivity index is 2.73. The maximum Gasteiger partial charge on any atom is 0.360 e. The quantitative estimate of drug-likeness (QED) is 0.720. The first-order chi connectivity index (χ1) is 8.22. The third-order valence-electron chi connectivity index (χ3n) is 2.11. The summed E-state index contributed by atoms with van der Waals surface area (Å²) in [4.78, 5) is 17.2. The molecule has 0 aliphatic heterocycles. The fourth-order valence-corrected chi connectivity index (χ4v) is 1.40. The number of carbonyl (C=O) groups is 1. The van der Waals surface area contributed by atoms with Crippen LogP contribution in [-0.4, -0.2) is 42.4 Å². The van der Waals surface area contributed by atoms with Crippen LogP contribution >= 0.6 is 0 Å². The minimum absolute atomic E-state index is 0.0110. The number of carbonyl (C=O) groups excluding carboxylic acids is 1. The van der Waals surface area contributed by atoms with E-state index >= 15 is 0 Å². The van der Waals surface area contributed by atoms with Gasteiger partial charge in [-0.15, -0.1) is 0 Å². The van der Waals surface area contributed by atoms with E-state index in [2.05, 4.69) is 4.98 Å². The van der Waals surface area contributed by atoms with Crippen molar-refractivity contribution in [3.05, 3.63) is 12.0 Å². The standard InChI is InChI=1S/C11H18N2O4/c1-3-5-13(6-7-14)11-12-9(8-17-11)10(15)16-4-2/h8,14H,3-7H2,1-2H3. The number of esters is 1. The third-order valence-corrected chi connectivity index (χ3v) is 2.11. The summed E-state index contributed by atoms with van der Waals surface area (Å²) in [5.74, 6) is -0.497. The van der Waals surface area contributed by atoms with Gasteiger partial charge in [-0.2, -0.15) is 4.98 Å². The summed E-state index contributed by atoms with van der Waals surface area (Å²) in [5, 5.41) is 8.92. The van der Waals surface area contributed by atoms with Crippen LogP contribution in [0.4, 0.5) is 6.01 Å². The molecule has 1 aromatic heterocycles. The normalized spacial score (nSPS) is 10.3. The first-order valence-corrected chi connectivity index (χ1v) is 5.71. The predicted octanol–water partition coefficient (Wildman–Crippen LogP) is 1.06. The number of rotatable bonds is 7. The van der Waals surface area contributed by atoms with Gasteiger partial charge in [0.25, 0.3) is 6.01 Å². The van der Waals surface area contributed by atoms with Crippen LogP contribution in [0.2, 0.25) is 0 Å². The van der Waals surface area contributed by atoms with E-state index < -0.39 is 5.97 Å². The second-order valence-electron chi connectivity index (χ2n) is 3.45. The van der Waals surface area contributed by atoms with E-state index in [1.807, 2.05) is 6.92 Å². The van der Waals surface area contributed by atoms with Gasteiger partial charge in [0.2, 0.25) is 0 Å². The molecule has 0 radical (unpaired) electrons. The lowest BCUT2D eigenvalue weighted by Gasteiger charge is -2.17. The Bertz CT molecular complexity index is 345. The number of ether oxygens (including phenoxy) is 1. The van der Waals surface area contributed by atoms with Gasteiger partial charge < -0.3 is 19.2 Å². The molecule has 0 amide bonds. The molecule has 0 fully saturated rings. The van der Waals surface area contributed by atoms with Crippen molar-refractivity contribution >= 4 is 12.0 Å². The second kappa shape index (κ2) is 6.90. The molecule has 0 spiro atoms. The molecule has 1 N–H and O–H groups in total. The van der Waals surface area contributed by atoms with Crippen LogP contribution in [0, 0.1) is 0 Å². The largest absolute Gasteiger partial charge is 0.461 e. The monoisotopic (exact) mass is 242 g/mol. The number of nitrogens with zero attached hydrogens (tertiary/aromatic N) is 2. The highest BCUT2D eigenvalue weighted by atomic mass is 16.5. The Morgan fingerprint density at radius 2 is 2.29 bits per heavy atom. The third kappa shape index (κ3) is 3.74. The molecule has 0 aliphatic rings. The molecule has 17 heavy (non-hydrogen) atoms. The number of aliphatic hydroxyl groups excluding tert-OH is 1. The summed E-state index contributed by atoms with van der Waals surface area (Å²) in [6, 6.07) is 0.337. The molecule has 0 saturated heterocycles. The van der Waals surface area contributed by atoms with Gasteiger partial charge in [0.1, 0.15) is 6.26 Å². The van der Waals surface area contributed by atoms with Crippen molar-refractivity contribution in [1.29, 1.82) is 0 Å². The summed E-state index contributed by atoms with van der Waals surface area (Å²) in [7, 11) is 0. The second-order valence-corrected chi connectivity index (χ2v) is 3.45. The first kappa shape index (κ1) is 13.5. The number of hydrogen-bond donors (Lipinski definition) is 1. The van der Waals surface area contributed by atoms with Gasteiger partial charge in [0, 0.05) is 13.1 Å². The number of oxazole rings is 1. The Morgan fingerprint density at radius 3 is 2.88 bits per heavy atom. The fraction of sp³-hybridized carbons (Fsp3) is 0.636. The summed E-state index contributed by atoms with van der Waals surface area (Å²) >= 11 is 0. The molecule has 0 aromatic carbocycles. The summed E-state index contributed by atoms with van der Waals surface area (Å²) in [5.41, 5.74) is 0.154. The maximum absolute atomic E-state index is 11.4. The van der Waals surface area contributed by atoms with Gasteiger partial charge in [-0.1, -0.05) is 6.92 Å². The Labute approximate surface area is 100 Å². The summed E-state index contributed by atoms with van der Waals surface area (Å²) in [6.07, 6.45) is 2.17. The van der Waals surface area contributed by atoms with E-state index in [4.69, 9.17) is 14.3 Å². The summed E-state index contributed by atoms with van der Waals surface area (Å²) in [6.45, 7) is 5.20. The molecule has 0 atom stereocenters. The SMILES string of the molecule is CCCN(CCO)c1nc(C(=O)OCC)co1. The molecule has 1 aromatic rings. The van der Waals surface area contributed by atoms with Crippen LogP contribution in [0.3, 0.4) is 0 Å². The fourth-order valence-electron chi connectivity index (χ4n) is 1.40. The molecule has 0 saturated carbocycles. The van der Waals surface area contributed by atoms with Gasteiger partial charge >= 0.3 is 5.97 Å². The molecular weight excluding hydrogens is 224 g/mol. The molecule has 1 rings (SSSR count). The van der Waals surface area contributed by atoms with Crippen molar-refractivity contribution in [3.8, 4) is 0 Å². The zero-order chi connectivity index (χ0) is 12.7. The van der Waals surface area contributed by atoms with E-state index in [-0.39, 0.29) is 12.3 Å². The zero-order valence-corrected chi connectivity index (χ0v) is 10.2. The molecule has 0 bridgehead atoms. The lowest BCUT2D eigenvalue weighted by atomic mass is 10.4. The lowest BCUT2D eigenvalue weighted by Crippen LogP contribution is -2.27. The Kier molecular flexibility index (Phi) is 5.48. The van der Waals surface area contributed by atoms with E-state index in [0.717, 1.165) is 6.42 Å². The van der Waals surface area contributed by atoms with Crippen molar-refractivity contribution in [2.45, 2.75) is 20.3 Å². The smallest absolute Gasteiger partial charge is 0.360 e. The topological polar surface area (TPSA) is 75.8 Å². The van der Waals surface area contributed by atoms with Gasteiger partial charge in [-0.25, -0.2) is 4.79 Å². The molecule has 1 heterocycles. The number of anilines is 1. The molecule has 6 nitrogen and oxygen atoms in total. The molecular formula is C11H18N2O4. The highest BCUT2D eigenvalue weighted by Gasteiger charge is 2.16. The highest BCUT2D eigenvalue weighted by molar-refractivity contribution is 5.87. The van der Waals surface area contributed by atoms with Crippen LogP contribution in [0.5, 0.6) is 0 Å². The van der Waals surface area contributed by atoms with Gasteiger partial charge in [-0.05, 0) is 13.3 Å². The molecule has 96 valence electrons. The zero-order valence-electron chi connectivity index (χ0n) is 10.2. The average molecular weight is 242 g/mol. The van der Waals surface area contributed by atoms with Crippen molar-refractivity contribution in [3.63, 3.8) is 0 Å². The Hall–Kier alpha value is -1.56. The van der Waals surface area contributed by atoms with Crippen LogP contribution in [0.1, 0.15) is 30.8 Å². The van der Waals surface area contributed by atoms with E-state index in [1.54, 1.807) is 11.8 Å². The maximum atomic E-state index is 11.4. The van der Waals surface area contributed by atoms with E-state index in [0.29, 0.717) is 25.7 Å². The van der Waals surface area contributed by atoms with E-state index in [1.165, 1.54) is 6.26 Å². The van der Waals surface area contributed by atoms with Crippen LogP contribution in [0.15, 0.2) is 10.7 Å². The van der Waals surface area contributed by atoms with Gasteiger partial charge in [-0.3, -0.25) is 0 Å². The van der Waals surface area contributed by atoms with Crippen molar-refractivity contribution in [1.82, 2.24) is 4.98 Å². The highest BCUT2D eigenvalue weighted by Crippen LogP contribution is 2.14. The lowest BCUT2D eigenvalue weighted by molar-refractivity contribution is 0.0519. The average Bonchev–Trinajstić information content (AvgIpc) is 2.78. The van der Waals surface area contributed by atoms with Gasteiger partial charge in [0.15, 0.2) is 5.69 Å². The van der Waals surface area contributed by atoms with E-state index in [9.17, 15) is 4.79 Å². The molecule has 0 aliphatic carbocycles. The van der Waals surface area contributed by atoms with Gasteiger partial charge in [0.05, 0.1) is 13.2 Å². The van der Waals surface area contributed by atoms with Crippen molar-refractivity contribution < 1.29 is 19.1 Å². The summed E-state index contributed by atoms with van der Waals surface area (Å²) < 4.78 is 10.0. The minimum atomic E-state index is -0.497. The number of aliphatic hydroxyl groups is 1. The molecule has 6 heteroatoms. The number of aromatic nitrogens is 1. The number of hydrogen-bond acceptors (Lipinski definition) is 6. The Morgan fingerprint density at radius 1 is 1.53 bits per heavy atom. The van der Waals surface area contributed by atoms with Crippen LogP contribution in [0.25, 0.3) is 0 Å². The molecule has 0 unspecified atom stereocenters.